The first-order valence-corrected chi connectivity index (χ1v) is 7.43. The molecule has 0 aliphatic heterocycles. The molecular weight excluding hydrogens is 279 g/mol. The molecule has 1 atom stereocenters. The van der Waals surface area contributed by atoms with Crippen LogP contribution in [0.1, 0.15) is 25.5 Å². The van der Waals surface area contributed by atoms with Crippen LogP contribution in [0.15, 0.2) is 12.1 Å². The summed E-state index contributed by atoms with van der Waals surface area (Å²) in [7, 11) is -2.12. The second kappa shape index (κ2) is 5.13. The van der Waals surface area contributed by atoms with E-state index >= 15 is 0 Å². The van der Waals surface area contributed by atoms with E-state index < -0.39 is 38.1 Å². The van der Waals surface area contributed by atoms with Crippen molar-refractivity contribution in [3.05, 3.63) is 35.1 Å². The van der Waals surface area contributed by atoms with E-state index in [1.807, 2.05) is 0 Å². The highest BCUT2D eigenvalue weighted by atomic mass is 32.2. The second-order valence-electron chi connectivity index (χ2n) is 4.86. The molecule has 0 amide bonds. The van der Waals surface area contributed by atoms with Crippen LogP contribution in [-0.2, 0) is 9.84 Å². The van der Waals surface area contributed by atoms with E-state index in [0.717, 1.165) is 18.4 Å². The van der Waals surface area contributed by atoms with Crippen LogP contribution in [0.4, 0.5) is 13.2 Å². The molecule has 0 saturated heterocycles. The Morgan fingerprint density at radius 3 is 2.11 bits per heavy atom. The number of sulfone groups is 1. The van der Waals surface area contributed by atoms with E-state index in [1.165, 1.54) is 20.9 Å². The van der Waals surface area contributed by atoms with E-state index in [1.54, 1.807) is 0 Å². The number of hydrogen-bond donors (Lipinski definition) is 1. The molecule has 1 aromatic carbocycles. The van der Waals surface area contributed by atoms with Crippen LogP contribution < -0.4 is 5.32 Å². The highest BCUT2D eigenvalue weighted by Gasteiger charge is 2.40. The topological polar surface area (TPSA) is 46.2 Å². The van der Waals surface area contributed by atoms with Gasteiger partial charge in [0.05, 0.1) is 10.8 Å². The van der Waals surface area contributed by atoms with Gasteiger partial charge in [-0.05, 0) is 27.0 Å². The van der Waals surface area contributed by atoms with Crippen LogP contribution in [0, 0.1) is 17.5 Å². The van der Waals surface area contributed by atoms with Crippen molar-refractivity contribution in [1.29, 1.82) is 0 Å². The van der Waals surface area contributed by atoms with E-state index in [9.17, 15) is 21.6 Å². The summed E-state index contributed by atoms with van der Waals surface area (Å²) in [6.07, 6.45) is 1.01. The molecule has 0 spiro atoms. The molecule has 0 aliphatic rings. The number of hydrogen-bond acceptors (Lipinski definition) is 3. The molecule has 19 heavy (non-hydrogen) atoms. The average molecular weight is 295 g/mol. The van der Waals surface area contributed by atoms with Crippen molar-refractivity contribution < 1.29 is 21.6 Å². The van der Waals surface area contributed by atoms with Gasteiger partial charge in [-0.25, -0.2) is 21.6 Å². The van der Waals surface area contributed by atoms with Crippen molar-refractivity contribution >= 4 is 9.84 Å². The maximum atomic E-state index is 13.8. The maximum Gasteiger partial charge on any atom is 0.194 e. The predicted octanol–water partition coefficient (Wildman–Crippen LogP) is 2.19. The first kappa shape index (κ1) is 16.0. The summed E-state index contributed by atoms with van der Waals surface area (Å²) in [6.45, 7) is 2.79. The van der Waals surface area contributed by atoms with Crippen LogP contribution in [0.2, 0.25) is 0 Å². The normalized spacial score (nSPS) is 14.5. The Morgan fingerprint density at radius 2 is 1.68 bits per heavy atom. The van der Waals surface area contributed by atoms with Gasteiger partial charge >= 0.3 is 0 Å². The Morgan fingerprint density at radius 1 is 1.16 bits per heavy atom. The van der Waals surface area contributed by atoms with E-state index in [2.05, 4.69) is 5.32 Å². The fraction of sp³-hybridized carbons (Fsp3) is 0.500. The SMILES string of the molecule is CNC(c1ccc(F)c(F)c1F)C(C)(C)S(C)(=O)=O. The largest absolute Gasteiger partial charge is 0.312 e. The molecule has 1 unspecified atom stereocenters. The molecule has 0 heterocycles. The quantitative estimate of drug-likeness (QED) is 0.866. The van der Waals surface area contributed by atoms with Gasteiger partial charge in [-0.3, -0.25) is 0 Å². The number of nitrogens with one attached hydrogen (secondary N) is 1. The molecular formula is C12H16F3NO2S. The molecule has 1 aromatic rings. The third-order valence-corrected chi connectivity index (χ3v) is 5.46. The minimum absolute atomic E-state index is 0.225. The summed E-state index contributed by atoms with van der Waals surface area (Å²) in [6, 6.07) is 0.816. The van der Waals surface area contributed by atoms with Gasteiger partial charge in [0.1, 0.15) is 0 Å². The zero-order chi connectivity index (χ0) is 15.0. The molecule has 0 aromatic heterocycles. The van der Waals surface area contributed by atoms with Gasteiger partial charge in [0.2, 0.25) is 0 Å². The van der Waals surface area contributed by atoms with Gasteiger partial charge in [-0.1, -0.05) is 6.07 Å². The molecule has 0 fully saturated rings. The molecule has 1 N–H and O–H groups in total. The molecule has 3 nitrogen and oxygen atoms in total. The van der Waals surface area contributed by atoms with E-state index in [-0.39, 0.29) is 5.56 Å². The Hall–Kier alpha value is -1.08. The third-order valence-electron chi connectivity index (χ3n) is 3.32. The van der Waals surface area contributed by atoms with Gasteiger partial charge in [0, 0.05) is 11.8 Å². The number of halogens is 3. The van der Waals surface area contributed by atoms with Gasteiger partial charge < -0.3 is 5.32 Å². The van der Waals surface area contributed by atoms with Crippen LogP contribution in [0.5, 0.6) is 0 Å². The average Bonchev–Trinajstić information content (AvgIpc) is 2.28. The van der Waals surface area contributed by atoms with Gasteiger partial charge in [0.15, 0.2) is 27.3 Å². The van der Waals surface area contributed by atoms with Crippen molar-refractivity contribution in [3.8, 4) is 0 Å². The fourth-order valence-corrected chi connectivity index (χ4v) is 2.53. The summed E-state index contributed by atoms with van der Waals surface area (Å²) >= 11 is 0. The highest BCUT2D eigenvalue weighted by Crippen LogP contribution is 2.34. The zero-order valence-corrected chi connectivity index (χ0v) is 11.9. The summed E-state index contributed by atoms with van der Waals surface area (Å²) in [5, 5.41) is 2.64. The standard InChI is InChI=1S/C12H16F3NO2S/c1-12(2,19(4,17)18)11(16-3)7-5-6-8(13)10(15)9(7)14/h5-6,11,16H,1-4H3. The molecule has 0 radical (unpaired) electrons. The van der Waals surface area contributed by atoms with Crippen molar-refractivity contribution in [3.63, 3.8) is 0 Å². The second-order valence-corrected chi connectivity index (χ2v) is 7.46. The van der Waals surface area contributed by atoms with Crippen LogP contribution >= 0.6 is 0 Å². The van der Waals surface area contributed by atoms with Crippen LogP contribution in [-0.4, -0.2) is 26.5 Å². The fourth-order valence-electron chi connectivity index (χ4n) is 1.86. The Labute approximate surface area is 110 Å². The van der Waals surface area contributed by atoms with Gasteiger partial charge in [-0.2, -0.15) is 0 Å². The molecule has 0 bridgehead atoms. The van der Waals surface area contributed by atoms with Crippen molar-refractivity contribution in [2.45, 2.75) is 24.6 Å². The van der Waals surface area contributed by atoms with E-state index in [4.69, 9.17) is 0 Å². The third kappa shape index (κ3) is 2.76. The number of rotatable bonds is 4. The first-order chi connectivity index (χ1) is 8.54. The monoisotopic (exact) mass is 295 g/mol. The minimum Gasteiger partial charge on any atom is -0.312 e. The Bertz CT molecular complexity index is 585. The predicted molar refractivity (Wildman–Crippen MR) is 67.0 cm³/mol. The summed E-state index contributed by atoms with van der Waals surface area (Å²) < 4.78 is 62.1. The summed E-state index contributed by atoms with van der Waals surface area (Å²) in [5.41, 5.74) is -0.225. The van der Waals surface area contributed by atoms with Crippen LogP contribution in [0.25, 0.3) is 0 Å². The molecule has 7 heteroatoms. The van der Waals surface area contributed by atoms with Gasteiger partial charge in [0.25, 0.3) is 0 Å². The van der Waals surface area contributed by atoms with E-state index in [0.29, 0.717) is 0 Å². The first-order valence-electron chi connectivity index (χ1n) is 5.54. The smallest absolute Gasteiger partial charge is 0.194 e. The van der Waals surface area contributed by atoms with Crippen molar-refractivity contribution in [2.24, 2.45) is 0 Å². The molecule has 1 rings (SSSR count). The summed E-state index contributed by atoms with van der Waals surface area (Å²) in [4.78, 5) is 0. The lowest BCUT2D eigenvalue weighted by Crippen LogP contribution is -2.44. The lowest BCUT2D eigenvalue weighted by Gasteiger charge is -2.33. The highest BCUT2D eigenvalue weighted by molar-refractivity contribution is 7.92. The number of benzene rings is 1. The van der Waals surface area contributed by atoms with Gasteiger partial charge in [-0.15, -0.1) is 0 Å². The van der Waals surface area contributed by atoms with Crippen molar-refractivity contribution in [2.75, 3.05) is 13.3 Å². The lowest BCUT2D eigenvalue weighted by atomic mass is 9.94. The lowest BCUT2D eigenvalue weighted by molar-refractivity contribution is 0.400. The Balaban J connectivity index is 3.46. The summed E-state index contributed by atoms with van der Waals surface area (Å²) in [5.74, 6) is -4.30. The maximum absolute atomic E-state index is 13.8. The Kier molecular flexibility index (Phi) is 4.31. The van der Waals surface area contributed by atoms with Crippen molar-refractivity contribution in [1.82, 2.24) is 5.32 Å². The molecule has 0 saturated carbocycles. The minimum atomic E-state index is -3.55. The molecule has 0 aliphatic carbocycles. The zero-order valence-electron chi connectivity index (χ0n) is 11.1. The van der Waals surface area contributed by atoms with Crippen LogP contribution in [0.3, 0.4) is 0 Å². The molecule has 108 valence electrons.